The molecule has 0 spiro atoms. The van der Waals surface area contributed by atoms with Crippen LogP contribution in [0.2, 0.25) is 0 Å². The second kappa shape index (κ2) is 6.42. The van der Waals surface area contributed by atoms with Gasteiger partial charge < -0.3 is 4.90 Å². The first kappa shape index (κ1) is 15.4. The lowest BCUT2D eigenvalue weighted by molar-refractivity contribution is 0.386. The minimum Gasteiger partial charge on any atom is -0.302 e. The van der Waals surface area contributed by atoms with Crippen molar-refractivity contribution >= 4 is 11.8 Å². The van der Waals surface area contributed by atoms with Crippen LogP contribution in [0.4, 0.5) is 0 Å². The Labute approximate surface area is 146 Å². The van der Waals surface area contributed by atoms with E-state index in [2.05, 4.69) is 88.4 Å². The van der Waals surface area contributed by atoms with Gasteiger partial charge >= 0.3 is 0 Å². The molecule has 1 aliphatic rings. The molecule has 1 unspecified atom stereocenters. The van der Waals surface area contributed by atoms with Gasteiger partial charge in [-0.2, -0.15) is 0 Å². The Balaban J connectivity index is 1.84. The van der Waals surface area contributed by atoms with Gasteiger partial charge in [-0.05, 0) is 31.8 Å². The summed E-state index contributed by atoms with van der Waals surface area (Å²) in [6, 6.07) is 19.2. The number of rotatable bonds is 3. The van der Waals surface area contributed by atoms with E-state index in [-0.39, 0.29) is 0 Å². The minimum atomic E-state index is 0.352. The van der Waals surface area contributed by atoms with Crippen LogP contribution in [-0.2, 0) is 13.0 Å². The Bertz CT molecular complexity index is 842. The summed E-state index contributed by atoms with van der Waals surface area (Å²) >= 11 is 1.92. The minimum absolute atomic E-state index is 0.352. The van der Waals surface area contributed by atoms with Crippen LogP contribution < -0.4 is 0 Å². The lowest BCUT2D eigenvalue weighted by atomic mass is 10.1. The first-order valence-electron chi connectivity index (χ1n) is 8.11. The Hall–Kier alpha value is -2.11. The molecule has 2 heterocycles. The van der Waals surface area contributed by atoms with Crippen LogP contribution in [-0.4, -0.2) is 33.8 Å². The third kappa shape index (κ3) is 2.85. The van der Waals surface area contributed by atoms with Gasteiger partial charge in [-0.3, -0.25) is 4.57 Å². The highest BCUT2D eigenvalue weighted by molar-refractivity contribution is 7.99. The van der Waals surface area contributed by atoms with Gasteiger partial charge in [0.05, 0.1) is 12.2 Å². The average molecular weight is 336 g/mol. The summed E-state index contributed by atoms with van der Waals surface area (Å²) < 4.78 is 2.24. The largest absolute Gasteiger partial charge is 0.302 e. The number of hydrogen-bond donors (Lipinski definition) is 0. The normalized spacial score (nSPS) is 16.5. The van der Waals surface area contributed by atoms with Crippen molar-refractivity contribution < 1.29 is 0 Å². The highest BCUT2D eigenvalue weighted by Crippen LogP contribution is 2.43. The van der Waals surface area contributed by atoms with Crippen molar-refractivity contribution in [3.05, 3.63) is 71.8 Å². The van der Waals surface area contributed by atoms with Crippen molar-refractivity contribution in [2.45, 2.75) is 23.1 Å². The van der Waals surface area contributed by atoms with E-state index in [0.29, 0.717) is 5.25 Å². The summed E-state index contributed by atoms with van der Waals surface area (Å²) in [4.78, 5) is 3.41. The molecule has 1 aliphatic heterocycles. The van der Waals surface area contributed by atoms with Crippen LogP contribution in [0.15, 0.2) is 59.5 Å². The SMILES string of the molecule is CN(C)Cc1nnc2n1-c1ccccc1SC(c1ccccc1)C2. The number of nitrogens with zero attached hydrogens (tertiary/aromatic N) is 4. The Kier molecular flexibility index (Phi) is 4.12. The van der Waals surface area contributed by atoms with Crippen LogP contribution in [0.1, 0.15) is 22.5 Å². The molecule has 0 saturated carbocycles. The first-order chi connectivity index (χ1) is 11.7. The highest BCUT2D eigenvalue weighted by Gasteiger charge is 2.26. The molecule has 24 heavy (non-hydrogen) atoms. The molecular weight excluding hydrogens is 316 g/mol. The number of thioether (sulfide) groups is 1. The lowest BCUT2D eigenvalue weighted by Gasteiger charge is -2.14. The van der Waals surface area contributed by atoms with Crippen LogP contribution in [0, 0.1) is 0 Å². The summed E-state index contributed by atoms with van der Waals surface area (Å²) in [5, 5.41) is 9.34. The molecule has 122 valence electrons. The van der Waals surface area contributed by atoms with Gasteiger partial charge in [0.2, 0.25) is 0 Å². The van der Waals surface area contributed by atoms with Crippen molar-refractivity contribution in [3.8, 4) is 5.69 Å². The van der Waals surface area contributed by atoms with Crippen LogP contribution in [0.3, 0.4) is 0 Å². The topological polar surface area (TPSA) is 34.0 Å². The Morgan fingerprint density at radius 1 is 1.04 bits per heavy atom. The first-order valence-corrected chi connectivity index (χ1v) is 8.99. The summed E-state index contributed by atoms with van der Waals surface area (Å²) in [6.45, 7) is 0.780. The molecule has 0 amide bonds. The maximum Gasteiger partial charge on any atom is 0.151 e. The lowest BCUT2D eigenvalue weighted by Crippen LogP contribution is -2.16. The molecule has 0 saturated heterocycles. The predicted molar refractivity (Wildman–Crippen MR) is 97.5 cm³/mol. The van der Waals surface area contributed by atoms with Crippen molar-refractivity contribution in [2.24, 2.45) is 0 Å². The molecule has 0 fully saturated rings. The van der Waals surface area contributed by atoms with Crippen molar-refractivity contribution in [2.75, 3.05) is 14.1 Å². The zero-order valence-corrected chi connectivity index (χ0v) is 14.7. The molecule has 4 rings (SSSR count). The van der Waals surface area contributed by atoms with Gasteiger partial charge in [0, 0.05) is 16.6 Å². The third-order valence-corrected chi connectivity index (χ3v) is 5.49. The molecule has 0 radical (unpaired) electrons. The van der Waals surface area contributed by atoms with E-state index in [1.54, 1.807) is 0 Å². The average Bonchev–Trinajstić information content (AvgIpc) is 2.88. The molecule has 0 bridgehead atoms. The van der Waals surface area contributed by atoms with E-state index in [9.17, 15) is 0 Å². The zero-order valence-electron chi connectivity index (χ0n) is 13.9. The second-order valence-corrected chi connectivity index (χ2v) is 7.54. The molecule has 3 aromatic rings. The summed E-state index contributed by atoms with van der Waals surface area (Å²) in [5.74, 6) is 2.04. The van der Waals surface area contributed by atoms with Crippen molar-refractivity contribution in [1.82, 2.24) is 19.7 Å². The molecule has 1 atom stereocenters. The fourth-order valence-corrected chi connectivity index (χ4v) is 4.37. The molecule has 4 nitrogen and oxygen atoms in total. The van der Waals surface area contributed by atoms with Gasteiger partial charge in [-0.25, -0.2) is 0 Å². The maximum absolute atomic E-state index is 4.52. The molecule has 1 aromatic heterocycles. The molecule has 0 N–H and O–H groups in total. The monoisotopic (exact) mass is 336 g/mol. The van der Waals surface area contributed by atoms with E-state index in [4.69, 9.17) is 0 Å². The Morgan fingerprint density at radius 2 is 1.79 bits per heavy atom. The van der Waals surface area contributed by atoms with Crippen LogP contribution in [0.5, 0.6) is 0 Å². The van der Waals surface area contributed by atoms with E-state index < -0.39 is 0 Å². The van der Waals surface area contributed by atoms with Gasteiger partial charge in [0.25, 0.3) is 0 Å². The van der Waals surface area contributed by atoms with Crippen molar-refractivity contribution in [1.29, 1.82) is 0 Å². The smallest absolute Gasteiger partial charge is 0.151 e. The Morgan fingerprint density at radius 3 is 2.58 bits per heavy atom. The number of benzene rings is 2. The van der Waals surface area contributed by atoms with E-state index >= 15 is 0 Å². The van der Waals surface area contributed by atoms with Crippen LogP contribution >= 0.6 is 11.8 Å². The summed E-state index contributed by atoms with van der Waals surface area (Å²) in [7, 11) is 4.12. The molecule has 2 aromatic carbocycles. The quantitative estimate of drug-likeness (QED) is 0.730. The van der Waals surface area contributed by atoms with E-state index in [1.165, 1.54) is 16.1 Å². The number of para-hydroxylation sites is 1. The number of aromatic nitrogens is 3. The summed E-state index contributed by atoms with van der Waals surface area (Å²) in [6.07, 6.45) is 0.879. The number of fused-ring (bicyclic) bond motifs is 3. The molecule has 5 heteroatoms. The van der Waals surface area contributed by atoms with Gasteiger partial charge in [0.15, 0.2) is 5.82 Å². The standard InChI is InChI=1S/C19H20N4S/c1-22(2)13-19-21-20-18-12-17(14-8-4-3-5-9-14)24-16-11-7-6-10-15(16)23(18)19/h3-11,17H,12-13H2,1-2H3. The van der Waals surface area contributed by atoms with E-state index in [0.717, 1.165) is 24.6 Å². The molecule has 0 aliphatic carbocycles. The van der Waals surface area contributed by atoms with Gasteiger partial charge in [-0.1, -0.05) is 42.5 Å². The van der Waals surface area contributed by atoms with Gasteiger partial charge in [0.1, 0.15) is 5.82 Å². The van der Waals surface area contributed by atoms with E-state index in [1.807, 2.05) is 11.8 Å². The number of hydrogen-bond acceptors (Lipinski definition) is 4. The summed E-state index contributed by atoms with van der Waals surface area (Å²) in [5.41, 5.74) is 2.53. The highest BCUT2D eigenvalue weighted by atomic mass is 32.2. The second-order valence-electron chi connectivity index (χ2n) is 6.29. The predicted octanol–water partition coefficient (Wildman–Crippen LogP) is 3.72. The van der Waals surface area contributed by atoms with Crippen LogP contribution in [0.25, 0.3) is 5.69 Å². The molecular formula is C19H20N4S. The van der Waals surface area contributed by atoms with Gasteiger partial charge in [-0.15, -0.1) is 22.0 Å². The fourth-order valence-electron chi connectivity index (χ4n) is 3.11. The zero-order chi connectivity index (χ0) is 16.5. The fraction of sp³-hybridized carbons (Fsp3) is 0.263. The maximum atomic E-state index is 4.52. The third-order valence-electron chi connectivity index (χ3n) is 4.17. The van der Waals surface area contributed by atoms with Crippen molar-refractivity contribution in [3.63, 3.8) is 0 Å².